The molecule has 0 unspecified atom stereocenters. The van der Waals surface area contributed by atoms with Crippen LogP contribution in [0.4, 0.5) is 4.79 Å². The van der Waals surface area contributed by atoms with Crippen molar-refractivity contribution in [3.8, 4) is 0 Å². The van der Waals surface area contributed by atoms with Crippen LogP contribution in [-0.4, -0.2) is 24.9 Å². The van der Waals surface area contributed by atoms with Gasteiger partial charge in [-0.15, -0.1) is 0 Å². The summed E-state index contributed by atoms with van der Waals surface area (Å²) in [6.07, 6.45) is -1.16. The van der Waals surface area contributed by atoms with Crippen LogP contribution in [0.3, 0.4) is 0 Å². The van der Waals surface area contributed by atoms with Crippen LogP contribution in [0.1, 0.15) is 25.5 Å². The van der Waals surface area contributed by atoms with E-state index in [-0.39, 0.29) is 6.61 Å². The normalized spacial score (nSPS) is 12.9. The lowest BCUT2D eigenvalue weighted by Gasteiger charge is -2.30. The SMILES string of the molecule is CNC(=O)OCC(C)(C)[C@@H](O)c1ccccc1. The maximum atomic E-state index is 11.0. The summed E-state index contributed by atoms with van der Waals surface area (Å²) in [4.78, 5) is 11.0. The molecule has 1 rings (SSSR count). The Hall–Kier alpha value is -1.55. The third-order valence-corrected chi connectivity index (χ3v) is 2.63. The molecular weight excluding hydrogens is 218 g/mol. The van der Waals surface area contributed by atoms with E-state index >= 15 is 0 Å². The zero-order chi connectivity index (χ0) is 12.9. The summed E-state index contributed by atoms with van der Waals surface area (Å²) in [6, 6.07) is 9.34. The smallest absolute Gasteiger partial charge is 0.406 e. The van der Waals surface area contributed by atoms with Gasteiger partial charge in [0.25, 0.3) is 0 Å². The van der Waals surface area contributed by atoms with Crippen molar-refractivity contribution in [2.24, 2.45) is 5.41 Å². The largest absolute Gasteiger partial charge is 0.449 e. The molecule has 0 aromatic heterocycles. The number of benzene rings is 1. The fourth-order valence-corrected chi connectivity index (χ4v) is 1.49. The standard InChI is InChI=1S/C13H19NO3/c1-13(2,9-17-12(16)14-3)11(15)10-7-5-4-6-8-10/h4-8,11,15H,9H2,1-3H3,(H,14,16)/t11-/m0/s1. The van der Waals surface area contributed by atoms with Gasteiger partial charge in [0.2, 0.25) is 0 Å². The highest BCUT2D eigenvalue weighted by atomic mass is 16.5. The highest BCUT2D eigenvalue weighted by Gasteiger charge is 2.30. The molecule has 4 nitrogen and oxygen atoms in total. The Labute approximate surface area is 102 Å². The van der Waals surface area contributed by atoms with E-state index < -0.39 is 17.6 Å². The number of hydrogen-bond acceptors (Lipinski definition) is 3. The van der Waals surface area contributed by atoms with Crippen molar-refractivity contribution in [2.45, 2.75) is 20.0 Å². The molecule has 0 heterocycles. The van der Waals surface area contributed by atoms with Crippen LogP contribution in [0.15, 0.2) is 30.3 Å². The second kappa shape index (κ2) is 5.68. The van der Waals surface area contributed by atoms with Gasteiger partial charge in [-0.2, -0.15) is 0 Å². The van der Waals surface area contributed by atoms with Crippen molar-refractivity contribution in [3.63, 3.8) is 0 Å². The molecule has 1 amide bonds. The van der Waals surface area contributed by atoms with Gasteiger partial charge >= 0.3 is 6.09 Å². The van der Waals surface area contributed by atoms with E-state index in [1.54, 1.807) is 0 Å². The van der Waals surface area contributed by atoms with Crippen LogP contribution < -0.4 is 5.32 Å². The molecule has 1 aromatic carbocycles. The number of carbonyl (C=O) groups is 1. The average molecular weight is 237 g/mol. The Bertz CT molecular complexity index is 362. The van der Waals surface area contributed by atoms with Gasteiger partial charge < -0.3 is 15.2 Å². The van der Waals surface area contributed by atoms with Gasteiger partial charge in [0.05, 0.1) is 6.10 Å². The van der Waals surface area contributed by atoms with Crippen LogP contribution in [0.5, 0.6) is 0 Å². The van der Waals surface area contributed by atoms with Gasteiger partial charge in [0.15, 0.2) is 0 Å². The van der Waals surface area contributed by atoms with Crippen LogP contribution >= 0.6 is 0 Å². The first kappa shape index (κ1) is 13.5. The first-order valence-electron chi connectivity index (χ1n) is 5.55. The predicted molar refractivity (Wildman–Crippen MR) is 65.6 cm³/mol. The maximum absolute atomic E-state index is 11.0. The minimum absolute atomic E-state index is 0.155. The minimum Gasteiger partial charge on any atom is -0.449 e. The van der Waals surface area contributed by atoms with Crippen molar-refractivity contribution >= 4 is 6.09 Å². The number of carbonyl (C=O) groups excluding carboxylic acids is 1. The van der Waals surface area contributed by atoms with Crippen molar-refractivity contribution in [2.75, 3.05) is 13.7 Å². The molecule has 1 aromatic rings. The first-order valence-corrected chi connectivity index (χ1v) is 5.55. The molecule has 0 saturated carbocycles. The molecule has 0 aliphatic heterocycles. The summed E-state index contributed by atoms with van der Waals surface area (Å²) in [7, 11) is 1.50. The predicted octanol–water partition coefficient (Wildman–Crippen LogP) is 2.10. The maximum Gasteiger partial charge on any atom is 0.406 e. The Morgan fingerprint density at radius 2 is 2.00 bits per heavy atom. The van der Waals surface area contributed by atoms with E-state index in [9.17, 15) is 9.90 Å². The average Bonchev–Trinajstić information content (AvgIpc) is 2.36. The first-order chi connectivity index (χ1) is 7.97. The molecule has 0 bridgehead atoms. The summed E-state index contributed by atoms with van der Waals surface area (Å²) in [5.41, 5.74) is 0.284. The highest BCUT2D eigenvalue weighted by molar-refractivity contribution is 5.66. The number of alkyl carbamates (subject to hydrolysis) is 1. The lowest BCUT2D eigenvalue weighted by Crippen LogP contribution is -2.31. The van der Waals surface area contributed by atoms with E-state index in [4.69, 9.17) is 4.74 Å². The molecule has 17 heavy (non-hydrogen) atoms. The highest BCUT2D eigenvalue weighted by Crippen LogP contribution is 2.33. The molecule has 0 saturated heterocycles. The molecule has 0 fully saturated rings. The van der Waals surface area contributed by atoms with Gasteiger partial charge in [-0.25, -0.2) is 4.79 Å². The van der Waals surface area contributed by atoms with Crippen LogP contribution in [-0.2, 0) is 4.74 Å². The Morgan fingerprint density at radius 3 is 2.53 bits per heavy atom. The number of nitrogens with one attached hydrogen (secondary N) is 1. The van der Waals surface area contributed by atoms with E-state index in [0.717, 1.165) is 5.56 Å². The summed E-state index contributed by atoms with van der Waals surface area (Å²) in [5.74, 6) is 0. The molecule has 4 heteroatoms. The van der Waals surface area contributed by atoms with Gasteiger partial charge in [-0.05, 0) is 5.56 Å². The Morgan fingerprint density at radius 1 is 1.41 bits per heavy atom. The second-order valence-electron chi connectivity index (χ2n) is 4.63. The van der Waals surface area contributed by atoms with E-state index in [1.807, 2.05) is 44.2 Å². The summed E-state index contributed by atoms with van der Waals surface area (Å²) >= 11 is 0. The molecular formula is C13H19NO3. The zero-order valence-corrected chi connectivity index (χ0v) is 10.4. The van der Waals surface area contributed by atoms with Crippen LogP contribution in [0.25, 0.3) is 0 Å². The van der Waals surface area contributed by atoms with Gasteiger partial charge in [0.1, 0.15) is 6.61 Å². The summed E-state index contributed by atoms with van der Waals surface area (Å²) in [6.45, 7) is 3.87. The number of ether oxygens (including phenoxy) is 1. The molecule has 94 valence electrons. The fourth-order valence-electron chi connectivity index (χ4n) is 1.49. The number of rotatable bonds is 4. The number of aliphatic hydroxyl groups is 1. The molecule has 0 aliphatic carbocycles. The van der Waals surface area contributed by atoms with Gasteiger partial charge in [-0.1, -0.05) is 44.2 Å². The molecule has 1 atom stereocenters. The lowest BCUT2D eigenvalue weighted by molar-refractivity contribution is -0.00121. The number of aliphatic hydroxyl groups excluding tert-OH is 1. The second-order valence-corrected chi connectivity index (χ2v) is 4.63. The number of hydrogen-bond donors (Lipinski definition) is 2. The third-order valence-electron chi connectivity index (χ3n) is 2.63. The Balaban J connectivity index is 2.66. The monoisotopic (exact) mass is 237 g/mol. The minimum atomic E-state index is -0.673. The molecule has 0 radical (unpaired) electrons. The number of amides is 1. The zero-order valence-electron chi connectivity index (χ0n) is 10.4. The van der Waals surface area contributed by atoms with E-state index in [2.05, 4.69) is 5.32 Å². The summed E-state index contributed by atoms with van der Waals surface area (Å²) in [5, 5.41) is 12.6. The van der Waals surface area contributed by atoms with Crippen LogP contribution in [0, 0.1) is 5.41 Å². The van der Waals surface area contributed by atoms with E-state index in [1.165, 1.54) is 7.05 Å². The molecule has 0 spiro atoms. The Kier molecular flexibility index (Phi) is 4.52. The third kappa shape index (κ3) is 3.75. The van der Waals surface area contributed by atoms with Crippen molar-refractivity contribution in [3.05, 3.63) is 35.9 Å². The topological polar surface area (TPSA) is 58.6 Å². The van der Waals surface area contributed by atoms with Crippen molar-refractivity contribution in [1.29, 1.82) is 0 Å². The quantitative estimate of drug-likeness (QED) is 0.843. The van der Waals surface area contributed by atoms with Crippen molar-refractivity contribution in [1.82, 2.24) is 5.32 Å². The lowest BCUT2D eigenvalue weighted by atomic mass is 9.83. The summed E-state index contributed by atoms with van der Waals surface area (Å²) < 4.78 is 4.99. The molecule has 0 aliphatic rings. The van der Waals surface area contributed by atoms with Crippen molar-refractivity contribution < 1.29 is 14.6 Å². The van der Waals surface area contributed by atoms with Gasteiger partial charge in [0, 0.05) is 12.5 Å². The van der Waals surface area contributed by atoms with Gasteiger partial charge in [-0.3, -0.25) is 0 Å². The molecule has 2 N–H and O–H groups in total. The van der Waals surface area contributed by atoms with Crippen LogP contribution in [0.2, 0.25) is 0 Å². The fraction of sp³-hybridized carbons (Fsp3) is 0.462. The van der Waals surface area contributed by atoms with E-state index in [0.29, 0.717) is 0 Å².